The van der Waals surface area contributed by atoms with Crippen LogP contribution in [0.5, 0.6) is 5.75 Å². The zero-order valence-electron chi connectivity index (χ0n) is 6.34. The van der Waals surface area contributed by atoms with Crippen molar-refractivity contribution in [1.82, 2.24) is 5.32 Å². The Kier molecular flexibility index (Phi) is 1.78. The Morgan fingerprint density at radius 3 is 3.18 bits per heavy atom. The van der Waals surface area contributed by atoms with Gasteiger partial charge < -0.3 is 10.1 Å². The van der Waals surface area contributed by atoms with E-state index in [2.05, 4.69) is 11.4 Å². The van der Waals surface area contributed by atoms with Gasteiger partial charge in [0.15, 0.2) is 0 Å². The number of fused-ring (bicyclic) bond motifs is 1. The number of hydrogen-bond acceptors (Lipinski definition) is 2. The topological polar surface area (TPSA) is 21.3 Å². The Balaban J connectivity index is 2.33. The van der Waals surface area contributed by atoms with E-state index in [1.54, 1.807) is 0 Å². The van der Waals surface area contributed by atoms with Crippen LogP contribution in [0.4, 0.5) is 0 Å². The van der Waals surface area contributed by atoms with Gasteiger partial charge in [-0.3, -0.25) is 0 Å². The Labute approximate surface area is 66.2 Å². The molecular formula is C9H11NO. The van der Waals surface area contributed by atoms with Crippen molar-refractivity contribution in [2.75, 3.05) is 13.2 Å². The minimum absolute atomic E-state index is 0.775. The summed E-state index contributed by atoms with van der Waals surface area (Å²) in [5.41, 5.74) is 1.25. The Morgan fingerprint density at radius 2 is 2.18 bits per heavy atom. The van der Waals surface area contributed by atoms with Crippen molar-refractivity contribution in [3.63, 3.8) is 0 Å². The molecule has 0 aromatic heterocycles. The van der Waals surface area contributed by atoms with Gasteiger partial charge in [-0.1, -0.05) is 18.2 Å². The van der Waals surface area contributed by atoms with Crippen LogP contribution in [0.15, 0.2) is 24.3 Å². The molecule has 58 valence electrons. The highest BCUT2D eigenvalue weighted by Gasteiger charge is 2.05. The van der Waals surface area contributed by atoms with Gasteiger partial charge in [0, 0.05) is 18.7 Å². The summed E-state index contributed by atoms with van der Waals surface area (Å²) in [7, 11) is 0. The SMILES string of the molecule is c1ccc2c(c1)CNCCO2. The first kappa shape index (κ1) is 6.68. The second kappa shape index (κ2) is 2.93. The van der Waals surface area contributed by atoms with Gasteiger partial charge in [0.05, 0.1) is 0 Å². The highest BCUT2D eigenvalue weighted by Crippen LogP contribution is 2.18. The molecule has 0 saturated carbocycles. The van der Waals surface area contributed by atoms with E-state index in [0.717, 1.165) is 25.4 Å². The molecule has 0 bridgehead atoms. The zero-order valence-corrected chi connectivity index (χ0v) is 6.34. The number of para-hydroxylation sites is 1. The van der Waals surface area contributed by atoms with Crippen molar-refractivity contribution in [3.05, 3.63) is 29.8 Å². The molecule has 2 rings (SSSR count). The molecule has 0 atom stereocenters. The van der Waals surface area contributed by atoms with Crippen molar-refractivity contribution in [2.45, 2.75) is 6.54 Å². The molecule has 0 spiro atoms. The summed E-state index contributed by atoms with van der Waals surface area (Å²) < 4.78 is 5.49. The molecule has 1 aromatic rings. The fraction of sp³-hybridized carbons (Fsp3) is 0.333. The quantitative estimate of drug-likeness (QED) is 0.598. The van der Waals surface area contributed by atoms with Gasteiger partial charge in [0.25, 0.3) is 0 Å². The maximum Gasteiger partial charge on any atom is 0.123 e. The molecule has 0 unspecified atom stereocenters. The molecule has 1 aromatic carbocycles. The molecule has 0 aliphatic carbocycles. The van der Waals surface area contributed by atoms with Crippen molar-refractivity contribution in [1.29, 1.82) is 0 Å². The number of benzene rings is 1. The lowest BCUT2D eigenvalue weighted by Crippen LogP contribution is -2.16. The van der Waals surface area contributed by atoms with Gasteiger partial charge in [-0.25, -0.2) is 0 Å². The minimum atomic E-state index is 0.775. The minimum Gasteiger partial charge on any atom is -0.492 e. The molecule has 2 nitrogen and oxygen atoms in total. The summed E-state index contributed by atoms with van der Waals surface area (Å²) in [5, 5.41) is 3.28. The van der Waals surface area contributed by atoms with Gasteiger partial charge in [-0.05, 0) is 6.07 Å². The van der Waals surface area contributed by atoms with Crippen LogP contribution in [0.3, 0.4) is 0 Å². The fourth-order valence-corrected chi connectivity index (χ4v) is 1.25. The molecule has 0 saturated heterocycles. The van der Waals surface area contributed by atoms with Crippen molar-refractivity contribution in [2.24, 2.45) is 0 Å². The third-order valence-electron chi connectivity index (χ3n) is 1.82. The third kappa shape index (κ3) is 1.35. The highest BCUT2D eigenvalue weighted by atomic mass is 16.5. The monoisotopic (exact) mass is 149 g/mol. The first-order chi connectivity index (χ1) is 5.47. The van der Waals surface area contributed by atoms with Gasteiger partial charge in [-0.15, -0.1) is 0 Å². The van der Waals surface area contributed by atoms with E-state index >= 15 is 0 Å². The number of nitrogens with one attached hydrogen (secondary N) is 1. The Morgan fingerprint density at radius 1 is 1.27 bits per heavy atom. The first-order valence-electron chi connectivity index (χ1n) is 3.88. The number of hydrogen-bond donors (Lipinski definition) is 1. The van der Waals surface area contributed by atoms with Crippen molar-refractivity contribution in [3.8, 4) is 5.75 Å². The van der Waals surface area contributed by atoms with Gasteiger partial charge >= 0.3 is 0 Å². The largest absolute Gasteiger partial charge is 0.492 e. The van der Waals surface area contributed by atoms with E-state index in [1.165, 1.54) is 5.56 Å². The van der Waals surface area contributed by atoms with Gasteiger partial charge in [0.1, 0.15) is 12.4 Å². The van der Waals surface area contributed by atoms with Crippen LogP contribution >= 0.6 is 0 Å². The summed E-state index contributed by atoms with van der Waals surface area (Å²) in [6.45, 7) is 2.64. The Hall–Kier alpha value is -1.02. The fourth-order valence-electron chi connectivity index (χ4n) is 1.25. The normalized spacial score (nSPS) is 16.4. The lowest BCUT2D eigenvalue weighted by Gasteiger charge is -2.03. The molecule has 0 radical (unpaired) electrons. The molecule has 0 fully saturated rings. The van der Waals surface area contributed by atoms with E-state index < -0.39 is 0 Å². The lowest BCUT2D eigenvalue weighted by molar-refractivity contribution is 0.326. The second-order valence-electron chi connectivity index (χ2n) is 2.63. The van der Waals surface area contributed by atoms with E-state index in [9.17, 15) is 0 Å². The number of ether oxygens (including phenoxy) is 1. The van der Waals surface area contributed by atoms with Crippen LogP contribution in [-0.2, 0) is 6.54 Å². The smallest absolute Gasteiger partial charge is 0.123 e. The van der Waals surface area contributed by atoms with Crippen molar-refractivity contribution >= 4 is 0 Å². The van der Waals surface area contributed by atoms with E-state index in [1.807, 2.05) is 18.2 Å². The highest BCUT2D eigenvalue weighted by molar-refractivity contribution is 5.33. The molecule has 1 aliphatic rings. The standard InChI is InChI=1S/C9H11NO/c1-2-4-9-8(3-1)7-10-5-6-11-9/h1-4,10H,5-7H2. The molecule has 1 aliphatic heterocycles. The average Bonchev–Trinajstić information content (AvgIpc) is 2.28. The van der Waals surface area contributed by atoms with Crippen LogP contribution in [0.2, 0.25) is 0 Å². The maximum absolute atomic E-state index is 5.49. The predicted octanol–water partition coefficient (Wildman–Crippen LogP) is 1.17. The average molecular weight is 149 g/mol. The van der Waals surface area contributed by atoms with E-state index in [4.69, 9.17) is 4.74 Å². The Bertz CT molecular complexity index is 222. The van der Waals surface area contributed by atoms with Crippen LogP contribution in [0, 0.1) is 0 Å². The van der Waals surface area contributed by atoms with E-state index in [-0.39, 0.29) is 0 Å². The van der Waals surface area contributed by atoms with Gasteiger partial charge in [0.2, 0.25) is 0 Å². The molecular weight excluding hydrogens is 138 g/mol. The van der Waals surface area contributed by atoms with Crippen molar-refractivity contribution < 1.29 is 4.74 Å². The first-order valence-corrected chi connectivity index (χ1v) is 3.88. The summed E-state index contributed by atoms with van der Waals surface area (Å²) in [4.78, 5) is 0. The van der Waals surface area contributed by atoms with Crippen LogP contribution < -0.4 is 10.1 Å². The summed E-state index contributed by atoms with van der Waals surface area (Å²) in [6.07, 6.45) is 0. The summed E-state index contributed by atoms with van der Waals surface area (Å²) in [5.74, 6) is 1.03. The summed E-state index contributed by atoms with van der Waals surface area (Å²) >= 11 is 0. The second-order valence-corrected chi connectivity index (χ2v) is 2.63. The molecule has 1 heterocycles. The summed E-state index contributed by atoms with van der Waals surface area (Å²) in [6, 6.07) is 8.15. The lowest BCUT2D eigenvalue weighted by atomic mass is 10.2. The predicted molar refractivity (Wildman–Crippen MR) is 43.6 cm³/mol. The number of rotatable bonds is 0. The van der Waals surface area contributed by atoms with Crippen LogP contribution in [-0.4, -0.2) is 13.2 Å². The molecule has 11 heavy (non-hydrogen) atoms. The van der Waals surface area contributed by atoms with Gasteiger partial charge in [-0.2, -0.15) is 0 Å². The maximum atomic E-state index is 5.49. The molecule has 2 heteroatoms. The molecule has 1 N–H and O–H groups in total. The molecule has 0 amide bonds. The van der Waals surface area contributed by atoms with Crippen LogP contribution in [0.1, 0.15) is 5.56 Å². The zero-order chi connectivity index (χ0) is 7.52. The van der Waals surface area contributed by atoms with E-state index in [0.29, 0.717) is 0 Å². The van der Waals surface area contributed by atoms with Crippen LogP contribution in [0.25, 0.3) is 0 Å². The third-order valence-corrected chi connectivity index (χ3v) is 1.82.